The lowest BCUT2D eigenvalue weighted by molar-refractivity contribution is -0.0817. The Kier molecular flexibility index (Phi) is 4.83. The summed E-state index contributed by atoms with van der Waals surface area (Å²) in [5.74, 6) is 0.183. The van der Waals surface area contributed by atoms with Gasteiger partial charge in [-0.3, -0.25) is 4.90 Å². The zero-order valence-corrected chi connectivity index (χ0v) is 14.8. The molecule has 2 aliphatic rings. The Morgan fingerprint density at radius 3 is 2.25 bits per heavy atom. The number of piperidine rings is 2. The van der Waals surface area contributed by atoms with Crippen LogP contribution in [-0.4, -0.2) is 58.9 Å². The first-order valence-corrected chi connectivity index (χ1v) is 8.74. The molecule has 2 aliphatic heterocycles. The number of hydrogen-bond acceptors (Lipinski definition) is 4. The fourth-order valence-electron chi connectivity index (χ4n) is 3.76. The largest absolute Gasteiger partial charge is 0.444 e. The fraction of sp³-hybridized carbons (Fsp3) is 0.632. The van der Waals surface area contributed by atoms with E-state index >= 15 is 0 Å². The normalized spacial score (nSPS) is 27.8. The Bertz CT molecular complexity index is 554. The van der Waals surface area contributed by atoms with Gasteiger partial charge in [-0.15, -0.1) is 0 Å². The molecule has 1 N–H and O–H groups in total. The lowest BCUT2D eigenvalue weighted by atomic mass is 9.81. The molecular formula is C19H28N2O3. The lowest BCUT2D eigenvalue weighted by Gasteiger charge is -2.48. The molecule has 0 aliphatic carbocycles. The smallest absolute Gasteiger partial charge is 0.410 e. The maximum atomic E-state index is 12.3. The standard InChI is InChI=1S/C19H28N2O3/c1-19(2,3)24-18(23)21-12-15-10-20(11-16(13-21)17(15)22)9-14-7-5-4-6-8-14/h4-8,15-17,22H,9-13H2,1-3H3/t15-,16+,17?. The Morgan fingerprint density at radius 1 is 1.12 bits per heavy atom. The third-order valence-electron chi connectivity index (χ3n) is 4.76. The number of fused-ring (bicyclic) bond motifs is 2. The van der Waals surface area contributed by atoms with Gasteiger partial charge in [0.15, 0.2) is 0 Å². The topological polar surface area (TPSA) is 53.0 Å². The van der Waals surface area contributed by atoms with Crippen LogP contribution >= 0.6 is 0 Å². The lowest BCUT2D eigenvalue weighted by Crippen LogP contribution is -2.61. The highest BCUT2D eigenvalue weighted by molar-refractivity contribution is 5.68. The van der Waals surface area contributed by atoms with E-state index < -0.39 is 5.60 Å². The van der Waals surface area contributed by atoms with Crippen LogP contribution in [0.5, 0.6) is 0 Å². The van der Waals surface area contributed by atoms with Gasteiger partial charge in [0.05, 0.1) is 6.10 Å². The number of likely N-dealkylation sites (tertiary alicyclic amines) is 2. The molecule has 24 heavy (non-hydrogen) atoms. The molecule has 1 unspecified atom stereocenters. The number of amides is 1. The van der Waals surface area contributed by atoms with Crippen LogP contribution in [0.4, 0.5) is 4.79 Å². The molecule has 5 nitrogen and oxygen atoms in total. The average Bonchev–Trinajstić information content (AvgIpc) is 2.47. The van der Waals surface area contributed by atoms with Crippen LogP contribution in [0.2, 0.25) is 0 Å². The van der Waals surface area contributed by atoms with Crippen molar-refractivity contribution in [3.05, 3.63) is 35.9 Å². The molecule has 2 saturated heterocycles. The summed E-state index contributed by atoms with van der Waals surface area (Å²) >= 11 is 0. The Labute approximate surface area is 144 Å². The second-order valence-electron chi connectivity index (χ2n) is 8.08. The van der Waals surface area contributed by atoms with E-state index in [9.17, 15) is 9.90 Å². The molecule has 3 atom stereocenters. The van der Waals surface area contributed by atoms with Crippen molar-refractivity contribution < 1.29 is 14.6 Å². The van der Waals surface area contributed by atoms with E-state index in [2.05, 4.69) is 29.2 Å². The molecule has 0 radical (unpaired) electrons. The number of rotatable bonds is 2. The number of carbonyl (C=O) groups excluding carboxylic acids is 1. The van der Waals surface area contributed by atoms with E-state index in [0.717, 1.165) is 19.6 Å². The van der Waals surface area contributed by atoms with Crippen LogP contribution in [0.15, 0.2) is 30.3 Å². The van der Waals surface area contributed by atoms with Crippen molar-refractivity contribution in [2.24, 2.45) is 11.8 Å². The van der Waals surface area contributed by atoms with Crippen LogP contribution in [0.1, 0.15) is 26.3 Å². The summed E-state index contributed by atoms with van der Waals surface area (Å²) in [5, 5.41) is 10.5. The van der Waals surface area contributed by atoms with Gasteiger partial charge in [-0.1, -0.05) is 30.3 Å². The van der Waals surface area contributed by atoms with Gasteiger partial charge in [0.25, 0.3) is 0 Å². The minimum absolute atomic E-state index is 0.0914. The number of aliphatic hydroxyl groups excluding tert-OH is 1. The molecule has 3 rings (SSSR count). The van der Waals surface area contributed by atoms with Gasteiger partial charge in [-0.05, 0) is 26.3 Å². The number of benzene rings is 1. The van der Waals surface area contributed by atoms with Crippen LogP contribution in [0.3, 0.4) is 0 Å². The van der Waals surface area contributed by atoms with Crippen molar-refractivity contribution in [2.45, 2.75) is 39.0 Å². The summed E-state index contributed by atoms with van der Waals surface area (Å²) in [6, 6.07) is 10.4. The number of carbonyl (C=O) groups is 1. The molecule has 1 aromatic carbocycles. The van der Waals surface area contributed by atoms with E-state index in [1.807, 2.05) is 26.8 Å². The Balaban J connectivity index is 1.62. The van der Waals surface area contributed by atoms with Crippen molar-refractivity contribution in [2.75, 3.05) is 26.2 Å². The number of hydrogen-bond donors (Lipinski definition) is 1. The summed E-state index contributed by atoms with van der Waals surface area (Å²) in [4.78, 5) is 16.5. The number of nitrogens with zero attached hydrogens (tertiary/aromatic N) is 2. The number of ether oxygens (including phenoxy) is 1. The van der Waals surface area contributed by atoms with E-state index in [0.29, 0.717) is 13.1 Å². The molecular weight excluding hydrogens is 304 g/mol. The van der Waals surface area contributed by atoms with Gasteiger partial charge in [0.1, 0.15) is 5.60 Å². The molecule has 0 saturated carbocycles. The predicted molar refractivity (Wildman–Crippen MR) is 92.5 cm³/mol. The molecule has 0 aromatic heterocycles. The first kappa shape index (κ1) is 17.2. The van der Waals surface area contributed by atoms with E-state index in [-0.39, 0.29) is 24.0 Å². The zero-order valence-electron chi connectivity index (χ0n) is 14.8. The quantitative estimate of drug-likeness (QED) is 0.903. The highest BCUT2D eigenvalue weighted by Gasteiger charge is 2.43. The minimum atomic E-state index is -0.485. The van der Waals surface area contributed by atoms with Gasteiger partial charge >= 0.3 is 6.09 Å². The highest BCUT2D eigenvalue weighted by Crippen LogP contribution is 2.30. The molecule has 0 spiro atoms. The molecule has 1 amide bonds. The molecule has 2 fully saturated rings. The summed E-state index contributed by atoms with van der Waals surface area (Å²) < 4.78 is 5.49. The van der Waals surface area contributed by atoms with Gasteiger partial charge in [0, 0.05) is 44.6 Å². The van der Waals surface area contributed by atoms with Crippen molar-refractivity contribution in [1.29, 1.82) is 0 Å². The summed E-state index contributed by atoms with van der Waals surface area (Å²) in [7, 11) is 0. The van der Waals surface area contributed by atoms with Gasteiger partial charge < -0.3 is 14.7 Å². The van der Waals surface area contributed by atoms with Crippen molar-refractivity contribution in [3.8, 4) is 0 Å². The van der Waals surface area contributed by atoms with E-state index in [4.69, 9.17) is 4.74 Å². The second kappa shape index (κ2) is 6.73. The van der Waals surface area contributed by atoms with Crippen molar-refractivity contribution in [3.63, 3.8) is 0 Å². The van der Waals surface area contributed by atoms with Crippen LogP contribution < -0.4 is 0 Å². The van der Waals surface area contributed by atoms with Gasteiger partial charge in [0.2, 0.25) is 0 Å². The van der Waals surface area contributed by atoms with E-state index in [1.54, 1.807) is 4.90 Å². The second-order valence-corrected chi connectivity index (χ2v) is 8.08. The van der Waals surface area contributed by atoms with Crippen LogP contribution in [0.25, 0.3) is 0 Å². The predicted octanol–water partition coefficient (Wildman–Crippen LogP) is 2.35. The molecule has 1 aromatic rings. The van der Waals surface area contributed by atoms with Crippen LogP contribution in [-0.2, 0) is 11.3 Å². The first-order chi connectivity index (χ1) is 11.3. The molecule has 132 valence electrons. The number of aliphatic hydroxyl groups is 1. The first-order valence-electron chi connectivity index (χ1n) is 8.74. The molecule has 2 bridgehead atoms. The summed E-state index contributed by atoms with van der Waals surface area (Å²) in [6.45, 7) is 9.30. The summed E-state index contributed by atoms with van der Waals surface area (Å²) in [6.07, 6.45) is -0.586. The van der Waals surface area contributed by atoms with E-state index in [1.165, 1.54) is 5.56 Å². The van der Waals surface area contributed by atoms with Gasteiger partial charge in [-0.25, -0.2) is 4.79 Å². The zero-order chi connectivity index (χ0) is 17.3. The van der Waals surface area contributed by atoms with Crippen molar-refractivity contribution in [1.82, 2.24) is 9.80 Å². The summed E-state index contributed by atoms with van der Waals surface area (Å²) in [5.41, 5.74) is 0.803. The Morgan fingerprint density at radius 2 is 1.71 bits per heavy atom. The maximum Gasteiger partial charge on any atom is 0.410 e. The molecule has 5 heteroatoms. The third-order valence-corrected chi connectivity index (χ3v) is 4.76. The molecule has 2 heterocycles. The monoisotopic (exact) mass is 332 g/mol. The average molecular weight is 332 g/mol. The maximum absolute atomic E-state index is 12.3. The SMILES string of the molecule is CC(C)(C)OC(=O)N1C[C@H]2CN(Cc3ccccc3)C[C@@H](C1)C2O. The van der Waals surface area contributed by atoms with Crippen molar-refractivity contribution >= 4 is 6.09 Å². The highest BCUT2D eigenvalue weighted by atomic mass is 16.6. The third kappa shape index (κ3) is 4.08. The van der Waals surface area contributed by atoms with Gasteiger partial charge in [-0.2, -0.15) is 0 Å². The van der Waals surface area contributed by atoms with Crippen LogP contribution in [0, 0.1) is 11.8 Å². The Hall–Kier alpha value is -1.59. The minimum Gasteiger partial charge on any atom is -0.444 e. The fourth-order valence-corrected chi connectivity index (χ4v) is 3.76.